The van der Waals surface area contributed by atoms with E-state index in [0.717, 1.165) is 12.2 Å². The summed E-state index contributed by atoms with van der Waals surface area (Å²) in [6.07, 6.45) is 2.10. The summed E-state index contributed by atoms with van der Waals surface area (Å²) in [5.41, 5.74) is 0.400. The Morgan fingerprint density at radius 1 is 1.30 bits per heavy atom. The van der Waals surface area contributed by atoms with Crippen LogP contribution in [0.5, 0.6) is 5.75 Å². The van der Waals surface area contributed by atoms with Crippen molar-refractivity contribution in [3.8, 4) is 5.75 Å². The minimum atomic E-state index is -0.167. The number of rotatable bonds is 7. The Kier molecular flexibility index (Phi) is 6.28. The monoisotopic (exact) mass is 374 g/mol. The highest BCUT2D eigenvalue weighted by Crippen LogP contribution is 2.19. The summed E-state index contributed by atoms with van der Waals surface area (Å²) in [7, 11) is 1.66. The van der Waals surface area contributed by atoms with Gasteiger partial charge >= 0.3 is 5.69 Å². The predicted molar refractivity (Wildman–Crippen MR) is 100 cm³/mol. The molecule has 1 aromatic carbocycles. The van der Waals surface area contributed by atoms with Gasteiger partial charge in [-0.1, -0.05) is 12.1 Å². The van der Waals surface area contributed by atoms with Crippen molar-refractivity contribution in [3.05, 3.63) is 46.1 Å². The number of hydrogen-bond donors (Lipinski definition) is 1. The lowest BCUT2D eigenvalue weighted by Gasteiger charge is -2.17. The molecule has 1 aliphatic heterocycles. The van der Waals surface area contributed by atoms with E-state index >= 15 is 0 Å². The van der Waals surface area contributed by atoms with Crippen LogP contribution in [0.15, 0.2) is 29.1 Å². The molecule has 8 nitrogen and oxygen atoms in total. The van der Waals surface area contributed by atoms with Gasteiger partial charge in [0.15, 0.2) is 0 Å². The van der Waals surface area contributed by atoms with Gasteiger partial charge in [-0.15, -0.1) is 0 Å². The van der Waals surface area contributed by atoms with Gasteiger partial charge in [-0.3, -0.25) is 9.36 Å². The molecular weight excluding hydrogens is 348 g/mol. The first-order valence-electron chi connectivity index (χ1n) is 9.33. The quantitative estimate of drug-likeness (QED) is 0.734. The Balaban J connectivity index is 1.62. The van der Waals surface area contributed by atoms with E-state index in [-0.39, 0.29) is 17.6 Å². The van der Waals surface area contributed by atoms with Gasteiger partial charge in [-0.05, 0) is 31.9 Å². The third-order valence-electron chi connectivity index (χ3n) is 4.66. The van der Waals surface area contributed by atoms with Crippen LogP contribution < -0.4 is 15.7 Å². The van der Waals surface area contributed by atoms with Crippen LogP contribution in [0.4, 0.5) is 0 Å². The zero-order valence-electron chi connectivity index (χ0n) is 15.8. The van der Waals surface area contributed by atoms with E-state index in [9.17, 15) is 9.59 Å². The topological polar surface area (TPSA) is 87.4 Å². The molecule has 1 N–H and O–H groups in total. The maximum Gasteiger partial charge on any atom is 0.345 e. The van der Waals surface area contributed by atoms with E-state index in [1.54, 1.807) is 23.7 Å². The second kappa shape index (κ2) is 8.85. The molecule has 1 aromatic heterocycles. The van der Waals surface area contributed by atoms with Gasteiger partial charge in [0.05, 0.1) is 12.2 Å². The molecule has 27 heavy (non-hydrogen) atoms. The molecule has 2 heterocycles. The van der Waals surface area contributed by atoms with Crippen molar-refractivity contribution < 1.29 is 14.3 Å². The van der Waals surface area contributed by atoms with Crippen LogP contribution in [0.2, 0.25) is 0 Å². The SMILES string of the molecule is CCOCCOc1ccccc1C(=O)NC1CCc2nn(C)c(=O)n2CC1. The first kappa shape index (κ1) is 19.2. The van der Waals surface area contributed by atoms with Crippen molar-refractivity contribution in [1.82, 2.24) is 19.7 Å². The Morgan fingerprint density at radius 3 is 2.93 bits per heavy atom. The molecule has 0 spiro atoms. The van der Waals surface area contributed by atoms with Crippen LogP contribution in [-0.2, 0) is 24.8 Å². The molecule has 8 heteroatoms. The molecule has 0 radical (unpaired) electrons. The fourth-order valence-electron chi connectivity index (χ4n) is 3.24. The number of carbonyl (C=O) groups excluding carboxylic acids is 1. The summed E-state index contributed by atoms with van der Waals surface area (Å²) in [6, 6.07) is 7.18. The first-order valence-corrected chi connectivity index (χ1v) is 9.33. The number of para-hydroxylation sites is 1. The van der Waals surface area contributed by atoms with Crippen LogP contribution in [-0.4, -0.2) is 46.1 Å². The highest BCUT2D eigenvalue weighted by Gasteiger charge is 2.22. The molecule has 0 bridgehead atoms. The highest BCUT2D eigenvalue weighted by atomic mass is 16.5. The Labute approximate surface area is 158 Å². The molecule has 1 amide bonds. The number of amides is 1. The number of hydrogen-bond acceptors (Lipinski definition) is 5. The zero-order chi connectivity index (χ0) is 19.2. The second-order valence-electron chi connectivity index (χ2n) is 6.51. The second-order valence-corrected chi connectivity index (χ2v) is 6.51. The van der Waals surface area contributed by atoms with Crippen LogP contribution in [0, 0.1) is 0 Å². The van der Waals surface area contributed by atoms with Crippen LogP contribution >= 0.6 is 0 Å². The van der Waals surface area contributed by atoms with E-state index < -0.39 is 0 Å². The normalized spacial score (nSPS) is 16.4. The maximum atomic E-state index is 12.8. The standard InChI is InChI=1S/C19H26N4O4/c1-3-26-12-13-27-16-7-5-4-6-15(16)18(24)20-14-8-9-17-21-22(2)19(25)23(17)11-10-14/h4-7,14H,3,8-13H2,1-2H3,(H,20,24). The zero-order valence-corrected chi connectivity index (χ0v) is 15.8. The van der Waals surface area contributed by atoms with E-state index in [4.69, 9.17) is 9.47 Å². The summed E-state index contributed by atoms with van der Waals surface area (Å²) in [6.45, 7) is 3.99. The van der Waals surface area contributed by atoms with Gasteiger partial charge in [0.25, 0.3) is 5.91 Å². The lowest BCUT2D eigenvalue weighted by Crippen LogP contribution is -2.36. The molecule has 0 saturated carbocycles. The summed E-state index contributed by atoms with van der Waals surface area (Å²) in [5, 5.41) is 7.34. The van der Waals surface area contributed by atoms with Crippen molar-refractivity contribution in [3.63, 3.8) is 0 Å². The van der Waals surface area contributed by atoms with Crippen molar-refractivity contribution in [2.24, 2.45) is 7.05 Å². The van der Waals surface area contributed by atoms with Crippen LogP contribution in [0.25, 0.3) is 0 Å². The number of aryl methyl sites for hydroxylation is 2. The summed E-state index contributed by atoms with van der Waals surface area (Å²) in [5.74, 6) is 1.16. The van der Waals surface area contributed by atoms with Crippen LogP contribution in [0.1, 0.15) is 35.9 Å². The van der Waals surface area contributed by atoms with E-state index in [2.05, 4.69) is 10.4 Å². The smallest absolute Gasteiger partial charge is 0.345 e. The lowest BCUT2D eigenvalue weighted by molar-refractivity contribution is 0.0917. The average Bonchev–Trinajstić information content (AvgIpc) is 2.82. The van der Waals surface area contributed by atoms with E-state index in [1.165, 1.54) is 4.68 Å². The van der Waals surface area contributed by atoms with Gasteiger partial charge in [-0.2, -0.15) is 5.10 Å². The van der Waals surface area contributed by atoms with Crippen molar-refractivity contribution in [2.75, 3.05) is 19.8 Å². The fourth-order valence-corrected chi connectivity index (χ4v) is 3.24. The Morgan fingerprint density at radius 2 is 2.11 bits per heavy atom. The number of benzene rings is 1. The molecule has 3 rings (SSSR count). The summed E-state index contributed by atoms with van der Waals surface area (Å²) in [4.78, 5) is 24.8. The molecule has 2 aromatic rings. The maximum absolute atomic E-state index is 12.8. The fraction of sp³-hybridized carbons (Fsp3) is 0.526. The number of nitrogens with one attached hydrogen (secondary N) is 1. The van der Waals surface area contributed by atoms with Crippen molar-refractivity contribution >= 4 is 5.91 Å². The first-order chi connectivity index (χ1) is 13.1. The summed E-state index contributed by atoms with van der Waals surface area (Å²) >= 11 is 0. The number of aromatic nitrogens is 3. The minimum Gasteiger partial charge on any atom is -0.490 e. The third-order valence-corrected chi connectivity index (χ3v) is 4.66. The number of carbonyl (C=O) groups is 1. The molecule has 1 aliphatic rings. The molecule has 1 unspecified atom stereocenters. The average molecular weight is 374 g/mol. The summed E-state index contributed by atoms with van der Waals surface area (Å²) < 4.78 is 14.0. The van der Waals surface area contributed by atoms with Gasteiger partial charge < -0.3 is 14.8 Å². The molecule has 0 fully saturated rings. The Hall–Kier alpha value is -2.61. The predicted octanol–water partition coefficient (Wildman–Crippen LogP) is 1.13. The highest BCUT2D eigenvalue weighted by molar-refractivity contribution is 5.97. The third kappa shape index (κ3) is 4.57. The molecule has 146 valence electrons. The number of nitrogens with zero attached hydrogens (tertiary/aromatic N) is 3. The van der Waals surface area contributed by atoms with Crippen LogP contribution in [0.3, 0.4) is 0 Å². The van der Waals surface area contributed by atoms with Gasteiger partial charge in [0, 0.05) is 32.7 Å². The lowest BCUT2D eigenvalue weighted by atomic mass is 10.1. The largest absolute Gasteiger partial charge is 0.490 e. The van der Waals surface area contributed by atoms with Crippen molar-refractivity contribution in [2.45, 2.75) is 38.8 Å². The molecule has 0 aliphatic carbocycles. The Bertz CT molecular complexity index is 842. The minimum absolute atomic E-state index is 0.0135. The molecular formula is C19H26N4O4. The number of fused-ring (bicyclic) bond motifs is 1. The van der Waals surface area contributed by atoms with E-state index in [1.807, 2.05) is 19.1 Å². The van der Waals surface area contributed by atoms with Gasteiger partial charge in [0.2, 0.25) is 0 Å². The van der Waals surface area contributed by atoms with Gasteiger partial charge in [-0.25, -0.2) is 9.48 Å². The van der Waals surface area contributed by atoms with Crippen molar-refractivity contribution in [1.29, 1.82) is 0 Å². The van der Waals surface area contributed by atoms with Gasteiger partial charge in [0.1, 0.15) is 18.2 Å². The molecule has 0 saturated heterocycles. The van der Waals surface area contributed by atoms with E-state index in [0.29, 0.717) is 50.5 Å². The molecule has 1 atom stereocenters. The number of ether oxygens (including phenoxy) is 2.